The Bertz CT molecular complexity index is 478. The molecular weight excluding hydrogens is 238 g/mol. The third-order valence-electron chi connectivity index (χ3n) is 3.92. The van der Waals surface area contributed by atoms with Crippen molar-refractivity contribution in [3.05, 3.63) is 29.3 Å². The summed E-state index contributed by atoms with van der Waals surface area (Å²) in [6, 6.07) is 5.91. The molecule has 104 valence electrons. The van der Waals surface area contributed by atoms with Crippen LogP contribution in [0, 0.1) is 12.3 Å². The highest BCUT2D eigenvalue weighted by Crippen LogP contribution is 2.32. The molecule has 1 fully saturated rings. The molecule has 1 aliphatic rings. The zero-order valence-electron chi connectivity index (χ0n) is 11.7. The quantitative estimate of drug-likeness (QED) is 0.573. The molecule has 0 saturated heterocycles. The Labute approximate surface area is 114 Å². The van der Waals surface area contributed by atoms with Crippen LogP contribution in [0.1, 0.15) is 36.8 Å². The maximum atomic E-state index is 10.5. The summed E-state index contributed by atoms with van der Waals surface area (Å²) >= 11 is 0. The van der Waals surface area contributed by atoms with Gasteiger partial charge in [0.1, 0.15) is 5.84 Å². The lowest BCUT2D eigenvalue weighted by Crippen LogP contribution is -2.40. The zero-order valence-corrected chi connectivity index (χ0v) is 11.7. The van der Waals surface area contributed by atoms with E-state index in [1.54, 1.807) is 0 Å². The summed E-state index contributed by atoms with van der Waals surface area (Å²) in [4.78, 5) is 2.02. The number of rotatable bonds is 4. The van der Waals surface area contributed by atoms with E-state index in [4.69, 9.17) is 11.1 Å². The molecule has 0 unspecified atom stereocenters. The molecule has 1 aromatic rings. The Balaban J connectivity index is 2.23. The molecule has 0 heterocycles. The number of nitrogen functional groups attached to an aromatic ring is 1. The number of aryl methyl sites for hydroxylation is 1. The number of likely N-dealkylation sites (N-methyl/N-ethyl adjacent to an activating group) is 1. The average molecular weight is 261 g/mol. The lowest BCUT2D eigenvalue weighted by Gasteiger charge is -2.31. The fourth-order valence-electron chi connectivity index (χ4n) is 2.92. The summed E-state index contributed by atoms with van der Waals surface area (Å²) in [5, 5.41) is 18.2. The molecule has 0 aliphatic heterocycles. The number of benzene rings is 1. The van der Waals surface area contributed by atoms with Gasteiger partial charge in [-0.2, -0.15) is 0 Å². The molecule has 0 radical (unpaired) electrons. The number of anilines is 1. The third kappa shape index (κ3) is 3.07. The van der Waals surface area contributed by atoms with Crippen LogP contribution in [0.3, 0.4) is 0 Å². The minimum Gasteiger partial charge on any atom is -0.388 e. The minimum absolute atomic E-state index is 0.0731. The lowest BCUT2D eigenvalue weighted by atomic mass is 10.0. The van der Waals surface area contributed by atoms with Gasteiger partial charge in [-0.25, -0.2) is 0 Å². The van der Waals surface area contributed by atoms with Crippen LogP contribution in [0.25, 0.3) is 0 Å². The van der Waals surface area contributed by atoms with Crippen molar-refractivity contribution in [3.8, 4) is 0 Å². The van der Waals surface area contributed by atoms with E-state index in [1.165, 1.54) is 0 Å². The number of nitrogens with zero attached hydrogens (tertiary/aromatic N) is 1. The first-order valence-electron chi connectivity index (χ1n) is 6.80. The van der Waals surface area contributed by atoms with Crippen LogP contribution >= 0.6 is 0 Å². The second kappa shape index (κ2) is 5.21. The van der Waals surface area contributed by atoms with Crippen LogP contribution in [0.4, 0.5) is 5.69 Å². The molecule has 1 aliphatic carbocycles. The molecule has 4 nitrogen and oxygen atoms in total. The van der Waals surface area contributed by atoms with Gasteiger partial charge in [0, 0.05) is 24.8 Å². The molecule has 1 aromatic carbocycles. The van der Waals surface area contributed by atoms with Gasteiger partial charge in [-0.1, -0.05) is 24.5 Å². The van der Waals surface area contributed by atoms with E-state index in [0.717, 1.165) is 42.5 Å². The number of nitrogens with one attached hydrogen (secondary N) is 1. The molecule has 2 rings (SSSR count). The van der Waals surface area contributed by atoms with Crippen molar-refractivity contribution in [1.82, 2.24) is 0 Å². The summed E-state index contributed by atoms with van der Waals surface area (Å²) in [6.45, 7) is 2.58. The average Bonchev–Trinajstić information content (AvgIpc) is 2.75. The molecule has 0 aromatic heterocycles. The molecule has 0 bridgehead atoms. The number of hydrogen-bond donors (Lipinski definition) is 3. The molecule has 0 spiro atoms. The highest BCUT2D eigenvalue weighted by atomic mass is 16.3. The largest absolute Gasteiger partial charge is 0.388 e. The molecule has 4 heteroatoms. The summed E-state index contributed by atoms with van der Waals surface area (Å²) in [5.41, 5.74) is 7.81. The van der Waals surface area contributed by atoms with Crippen molar-refractivity contribution in [2.24, 2.45) is 5.73 Å². The van der Waals surface area contributed by atoms with Crippen molar-refractivity contribution < 1.29 is 5.11 Å². The Morgan fingerprint density at radius 3 is 2.63 bits per heavy atom. The minimum atomic E-state index is -0.590. The fraction of sp³-hybridized carbons (Fsp3) is 0.533. The van der Waals surface area contributed by atoms with E-state index in [1.807, 2.05) is 37.1 Å². The van der Waals surface area contributed by atoms with E-state index in [0.29, 0.717) is 6.54 Å². The van der Waals surface area contributed by atoms with E-state index in [-0.39, 0.29) is 5.84 Å². The summed E-state index contributed by atoms with van der Waals surface area (Å²) in [7, 11) is 1.95. The SMILES string of the molecule is Cc1ccc(N(C)CC2(O)CCCC2)c(C(=N)N)c1. The molecular formula is C15H23N3O. The number of nitrogens with two attached hydrogens (primary N) is 1. The normalized spacial score (nSPS) is 17.4. The van der Waals surface area contributed by atoms with Gasteiger partial charge >= 0.3 is 0 Å². The van der Waals surface area contributed by atoms with Crippen molar-refractivity contribution >= 4 is 11.5 Å². The molecule has 0 amide bonds. The van der Waals surface area contributed by atoms with E-state index >= 15 is 0 Å². The highest BCUT2D eigenvalue weighted by molar-refractivity contribution is 6.00. The van der Waals surface area contributed by atoms with Crippen LogP contribution in [-0.2, 0) is 0 Å². The van der Waals surface area contributed by atoms with E-state index in [9.17, 15) is 5.11 Å². The predicted molar refractivity (Wildman–Crippen MR) is 78.9 cm³/mol. The van der Waals surface area contributed by atoms with Crippen molar-refractivity contribution in [1.29, 1.82) is 5.41 Å². The summed E-state index contributed by atoms with van der Waals surface area (Å²) < 4.78 is 0. The number of aliphatic hydroxyl groups is 1. The summed E-state index contributed by atoms with van der Waals surface area (Å²) in [5.74, 6) is 0.0731. The van der Waals surface area contributed by atoms with E-state index in [2.05, 4.69) is 0 Å². The van der Waals surface area contributed by atoms with Gasteiger partial charge in [0.15, 0.2) is 0 Å². The standard InChI is InChI=1S/C15H23N3O/c1-11-5-6-13(12(9-11)14(16)17)18(2)10-15(19)7-3-4-8-15/h5-6,9,19H,3-4,7-8,10H2,1-2H3,(H3,16,17). The van der Waals surface area contributed by atoms with E-state index < -0.39 is 5.60 Å². The van der Waals surface area contributed by atoms with Crippen molar-refractivity contribution in [3.63, 3.8) is 0 Å². The van der Waals surface area contributed by atoms with Gasteiger partial charge in [-0.3, -0.25) is 5.41 Å². The Morgan fingerprint density at radius 1 is 1.42 bits per heavy atom. The maximum Gasteiger partial charge on any atom is 0.124 e. The molecule has 4 N–H and O–H groups in total. The predicted octanol–water partition coefficient (Wildman–Crippen LogP) is 2.02. The first kappa shape index (κ1) is 13.9. The number of hydrogen-bond acceptors (Lipinski definition) is 3. The van der Waals surface area contributed by atoms with Gasteiger partial charge in [0.25, 0.3) is 0 Å². The maximum absolute atomic E-state index is 10.5. The van der Waals surface area contributed by atoms with Crippen LogP contribution < -0.4 is 10.6 Å². The Hall–Kier alpha value is -1.55. The second-order valence-electron chi connectivity index (χ2n) is 5.72. The fourth-order valence-corrected chi connectivity index (χ4v) is 2.92. The molecule has 0 atom stereocenters. The Morgan fingerprint density at radius 2 is 2.05 bits per heavy atom. The molecule has 1 saturated carbocycles. The van der Waals surface area contributed by atoms with Gasteiger partial charge < -0.3 is 15.7 Å². The van der Waals surface area contributed by atoms with Crippen LogP contribution in [-0.4, -0.2) is 30.1 Å². The first-order chi connectivity index (χ1) is 8.91. The first-order valence-corrected chi connectivity index (χ1v) is 6.80. The van der Waals surface area contributed by atoms with Crippen LogP contribution in [0.2, 0.25) is 0 Å². The van der Waals surface area contributed by atoms with Gasteiger partial charge in [0.2, 0.25) is 0 Å². The smallest absolute Gasteiger partial charge is 0.124 e. The van der Waals surface area contributed by atoms with Gasteiger partial charge in [-0.15, -0.1) is 0 Å². The summed E-state index contributed by atoms with van der Waals surface area (Å²) in [6.07, 6.45) is 3.91. The molecule has 19 heavy (non-hydrogen) atoms. The zero-order chi connectivity index (χ0) is 14.0. The van der Waals surface area contributed by atoms with Gasteiger partial charge in [0.05, 0.1) is 5.60 Å². The highest BCUT2D eigenvalue weighted by Gasteiger charge is 2.32. The number of amidine groups is 1. The lowest BCUT2D eigenvalue weighted by molar-refractivity contribution is 0.0559. The second-order valence-corrected chi connectivity index (χ2v) is 5.72. The van der Waals surface area contributed by atoms with Crippen molar-refractivity contribution in [2.75, 3.05) is 18.5 Å². The Kier molecular flexibility index (Phi) is 3.80. The van der Waals surface area contributed by atoms with Crippen LogP contribution in [0.5, 0.6) is 0 Å². The topological polar surface area (TPSA) is 73.3 Å². The monoisotopic (exact) mass is 261 g/mol. The third-order valence-corrected chi connectivity index (χ3v) is 3.92. The van der Waals surface area contributed by atoms with Crippen molar-refractivity contribution in [2.45, 2.75) is 38.2 Å². The van der Waals surface area contributed by atoms with Crippen LogP contribution in [0.15, 0.2) is 18.2 Å². The van der Waals surface area contributed by atoms with Gasteiger partial charge in [-0.05, 0) is 31.9 Å².